The Balaban J connectivity index is 1.89. The zero-order valence-electron chi connectivity index (χ0n) is 19.0. The van der Waals surface area contributed by atoms with Crippen LogP contribution < -0.4 is 9.47 Å². The number of ketones is 1. The van der Waals surface area contributed by atoms with Gasteiger partial charge in [0.1, 0.15) is 23.1 Å². The number of halogens is 1. The molecular formula is C27H24FNO5. The first-order chi connectivity index (χ1) is 16.3. The van der Waals surface area contributed by atoms with E-state index in [1.807, 2.05) is 25.1 Å². The quantitative estimate of drug-likeness (QED) is 0.325. The molecule has 0 saturated carbocycles. The van der Waals surface area contributed by atoms with Crippen molar-refractivity contribution < 1.29 is 28.6 Å². The van der Waals surface area contributed by atoms with Crippen LogP contribution in [0.3, 0.4) is 0 Å². The Bertz CT molecular complexity index is 1280. The van der Waals surface area contributed by atoms with Crippen molar-refractivity contribution in [2.75, 3.05) is 14.2 Å². The summed E-state index contributed by atoms with van der Waals surface area (Å²) in [7, 11) is 2.95. The number of carbonyl (C=O) groups is 2. The lowest BCUT2D eigenvalue weighted by Crippen LogP contribution is -2.29. The molecular weight excluding hydrogens is 437 g/mol. The van der Waals surface area contributed by atoms with Crippen LogP contribution in [0.2, 0.25) is 0 Å². The largest absolute Gasteiger partial charge is 0.507 e. The van der Waals surface area contributed by atoms with Crippen LogP contribution in [-0.4, -0.2) is 35.9 Å². The van der Waals surface area contributed by atoms with Gasteiger partial charge in [0, 0.05) is 12.6 Å². The van der Waals surface area contributed by atoms with Crippen molar-refractivity contribution in [3.63, 3.8) is 0 Å². The molecule has 1 N–H and O–H groups in total. The van der Waals surface area contributed by atoms with Gasteiger partial charge < -0.3 is 19.5 Å². The average molecular weight is 461 g/mol. The minimum absolute atomic E-state index is 0.0406. The number of carbonyl (C=O) groups excluding carboxylic acids is 2. The molecule has 0 bridgehead atoms. The topological polar surface area (TPSA) is 76.1 Å². The number of rotatable bonds is 6. The van der Waals surface area contributed by atoms with E-state index in [1.54, 1.807) is 36.4 Å². The van der Waals surface area contributed by atoms with Crippen molar-refractivity contribution in [3.8, 4) is 11.5 Å². The summed E-state index contributed by atoms with van der Waals surface area (Å²) >= 11 is 0. The summed E-state index contributed by atoms with van der Waals surface area (Å²) in [5.74, 6) is -1.47. The number of aliphatic hydroxyl groups excluding tert-OH is 1. The molecule has 1 aliphatic heterocycles. The van der Waals surface area contributed by atoms with Gasteiger partial charge in [0.2, 0.25) is 0 Å². The van der Waals surface area contributed by atoms with Crippen LogP contribution in [0.1, 0.15) is 28.3 Å². The van der Waals surface area contributed by atoms with E-state index in [-0.39, 0.29) is 23.4 Å². The Morgan fingerprint density at radius 1 is 1.00 bits per heavy atom. The molecule has 6 nitrogen and oxygen atoms in total. The minimum atomic E-state index is -0.836. The third-order valence-corrected chi connectivity index (χ3v) is 5.83. The summed E-state index contributed by atoms with van der Waals surface area (Å²) in [4.78, 5) is 27.8. The van der Waals surface area contributed by atoms with Crippen molar-refractivity contribution in [2.45, 2.75) is 19.5 Å². The number of aliphatic hydroxyl groups is 1. The molecule has 1 aliphatic rings. The Morgan fingerprint density at radius 3 is 2.38 bits per heavy atom. The summed E-state index contributed by atoms with van der Waals surface area (Å²) in [6.07, 6.45) is 0. The molecule has 1 fully saturated rings. The van der Waals surface area contributed by atoms with Gasteiger partial charge in [0.25, 0.3) is 11.7 Å². The van der Waals surface area contributed by atoms with E-state index in [0.717, 1.165) is 5.56 Å². The molecule has 1 atom stereocenters. The van der Waals surface area contributed by atoms with Gasteiger partial charge in [0.05, 0.1) is 31.4 Å². The fraction of sp³-hybridized carbons (Fsp3) is 0.185. The molecule has 0 aromatic heterocycles. The fourth-order valence-electron chi connectivity index (χ4n) is 4.16. The molecule has 1 saturated heterocycles. The average Bonchev–Trinajstić information content (AvgIpc) is 3.09. The standard InChI is InChI=1S/C27H24FNO5/c1-16-5-4-6-18(13-16)24-23(25(30)21-12-11-20(33-2)14-22(21)34-3)26(31)27(32)29(24)15-17-7-9-19(28)10-8-17/h4-14,24,30H,15H2,1-3H3/b25-23-. The SMILES string of the molecule is COc1ccc(/C(O)=C2/C(=O)C(=O)N(Cc3ccc(F)cc3)C2c2cccc(C)c2)c(OC)c1. The van der Waals surface area contributed by atoms with Gasteiger partial charge in [-0.05, 0) is 42.3 Å². The number of likely N-dealkylation sites (tertiary alicyclic amines) is 1. The maximum Gasteiger partial charge on any atom is 0.295 e. The third-order valence-electron chi connectivity index (χ3n) is 5.83. The van der Waals surface area contributed by atoms with Gasteiger partial charge in [-0.1, -0.05) is 42.0 Å². The van der Waals surface area contributed by atoms with Crippen molar-refractivity contribution >= 4 is 17.4 Å². The van der Waals surface area contributed by atoms with E-state index in [0.29, 0.717) is 22.6 Å². The second-order valence-corrected chi connectivity index (χ2v) is 8.03. The molecule has 0 radical (unpaired) electrons. The number of hydrogen-bond acceptors (Lipinski definition) is 5. The number of aryl methyl sites for hydroxylation is 1. The number of benzene rings is 3. The molecule has 174 valence electrons. The lowest BCUT2D eigenvalue weighted by Gasteiger charge is -2.26. The Kier molecular flexibility index (Phi) is 6.36. The fourth-order valence-corrected chi connectivity index (χ4v) is 4.16. The second-order valence-electron chi connectivity index (χ2n) is 8.03. The van der Waals surface area contributed by atoms with Gasteiger partial charge >= 0.3 is 0 Å². The highest BCUT2D eigenvalue weighted by atomic mass is 19.1. The number of ether oxygens (including phenoxy) is 2. The highest BCUT2D eigenvalue weighted by Crippen LogP contribution is 2.42. The first kappa shape index (κ1) is 23.0. The van der Waals surface area contributed by atoms with E-state index in [1.165, 1.54) is 31.3 Å². The smallest absolute Gasteiger partial charge is 0.295 e. The Hall–Kier alpha value is -4.13. The highest BCUT2D eigenvalue weighted by Gasteiger charge is 2.46. The van der Waals surface area contributed by atoms with Gasteiger partial charge in [0.15, 0.2) is 0 Å². The molecule has 0 spiro atoms. The number of methoxy groups -OCH3 is 2. The zero-order valence-corrected chi connectivity index (χ0v) is 19.0. The van der Waals surface area contributed by atoms with Gasteiger partial charge in [-0.15, -0.1) is 0 Å². The number of Topliss-reactive ketones (excluding diaryl/α,β-unsaturated/α-hetero) is 1. The summed E-state index contributed by atoms with van der Waals surface area (Å²) in [5, 5.41) is 11.3. The molecule has 4 rings (SSSR count). The molecule has 34 heavy (non-hydrogen) atoms. The summed E-state index contributed by atoms with van der Waals surface area (Å²) < 4.78 is 24.0. The van der Waals surface area contributed by atoms with Crippen molar-refractivity contribution in [1.29, 1.82) is 0 Å². The molecule has 0 aliphatic carbocycles. The van der Waals surface area contributed by atoms with Crippen LogP contribution >= 0.6 is 0 Å². The van der Waals surface area contributed by atoms with Crippen LogP contribution in [0, 0.1) is 12.7 Å². The van der Waals surface area contributed by atoms with E-state index >= 15 is 0 Å². The number of hydrogen-bond donors (Lipinski definition) is 1. The summed E-state index contributed by atoms with van der Waals surface area (Å²) in [5.41, 5.74) is 2.49. The van der Waals surface area contributed by atoms with E-state index in [2.05, 4.69) is 0 Å². The summed E-state index contributed by atoms with van der Waals surface area (Å²) in [6.45, 7) is 1.97. The zero-order chi connectivity index (χ0) is 24.4. The van der Waals surface area contributed by atoms with E-state index in [9.17, 15) is 19.1 Å². The van der Waals surface area contributed by atoms with E-state index < -0.39 is 23.5 Å². The van der Waals surface area contributed by atoms with Gasteiger partial charge in [-0.3, -0.25) is 9.59 Å². The predicted octanol–water partition coefficient (Wildman–Crippen LogP) is 4.77. The van der Waals surface area contributed by atoms with Crippen molar-refractivity contribution in [1.82, 2.24) is 4.90 Å². The molecule has 7 heteroatoms. The number of amides is 1. The van der Waals surface area contributed by atoms with Crippen molar-refractivity contribution in [3.05, 3.63) is 100 Å². The Morgan fingerprint density at radius 2 is 1.74 bits per heavy atom. The van der Waals surface area contributed by atoms with Crippen LogP contribution in [0.15, 0.2) is 72.3 Å². The molecule has 1 amide bonds. The van der Waals surface area contributed by atoms with Crippen LogP contribution in [0.25, 0.3) is 5.76 Å². The highest BCUT2D eigenvalue weighted by molar-refractivity contribution is 6.46. The Labute approximate surface area is 196 Å². The molecule has 3 aromatic carbocycles. The normalized spacial score (nSPS) is 17.2. The third kappa shape index (κ3) is 4.24. The second kappa shape index (κ2) is 9.39. The van der Waals surface area contributed by atoms with E-state index in [4.69, 9.17) is 9.47 Å². The number of nitrogens with zero attached hydrogens (tertiary/aromatic N) is 1. The lowest BCUT2D eigenvalue weighted by atomic mass is 9.94. The predicted molar refractivity (Wildman–Crippen MR) is 125 cm³/mol. The molecule has 1 heterocycles. The molecule has 3 aromatic rings. The minimum Gasteiger partial charge on any atom is -0.507 e. The van der Waals surface area contributed by atoms with Crippen molar-refractivity contribution in [2.24, 2.45) is 0 Å². The monoisotopic (exact) mass is 461 g/mol. The molecule has 1 unspecified atom stereocenters. The maximum absolute atomic E-state index is 13.4. The summed E-state index contributed by atoms with van der Waals surface area (Å²) in [6, 6.07) is 17.1. The van der Waals surface area contributed by atoms with Gasteiger partial charge in [-0.25, -0.2) is 4.39 Å². The van der Waals surface area contributed by atoms with Crippen LogP contribution in [-0.2, 0) is 16.1 Å². The lowest BCUT2D eigenvalue weighted by molar-refractivity contribution is -0.140. The van der Waals surface area contributed by atoms with Gasteiger partial charge in [-0.2, -0.15) is 0 Å². The van der Waals surface area contributed by atoms with Crippen LogP contribution in [0.5, 0.6) is 11.5 Å². The first-order valence-corrected chi connectivity index (χ1v) is 10.7. The van der Waals surface area contributed by atoms with Crippen LogP contribution in [0.4, 0.5) is 4.39 Å². The first-order valence-electron chi connectivity index (χ1n) is 10.7. The maximum atomic E-state index is 13.4.